The number of rotatable bonds is 0. The van der Waals surface area contributed by atoms with Gasteiger partial charge in [-0.2, -0.15) is 0 Å². The molecular formula is C5H10N4OS2. The molecule has 7 heteroatoms. The fourth-order valence-corrected chi connectivity index (χ4v) is 2.00. The maximum absolute atomic E-state index is 11.3. The van der Waals surface area contributed by atoms with Crippen LogP contribution >= 0.6 is 25.3 Å². The Hall–Kier alpha value is 0.0500. The average molecular weight is 206 g/mol. The summed E-state index contributed by atoms with van der Waals surface area (Å²) in [6.07, 6.45) is -0.0799. The smallest absolute Gasteiger partial charge is 0.242 e. The predicted molar refractivity (Wildman–Crippen MR) is 50.7 cm³/mol. The number of hydrogen-bond donors (Lipinski definition) is 6. The summed E-state index contributed by atoms with van der Waals surface area (Å²) in [6.45, 7) is 0. The largest absolute Gasteiger partial charge is 0.331 e. The molecule has 0 aliphatic carbocycles. The molecule has 2 fully saturated rings. The second-order valence-corrected chi connectivity index (χ2v) is 3.80. The first-order valence-corrected chi connectivity index (χ1v) is 4.65. The highest BCUT2D eigenvalue weighted by atomic mass is 32.1. The summed E-state index contributed by atoms with van der Waals surface area (Å²) < 4.78 is 0. The van der Waals surface area contributed by atoms with E-state index in [4.69, 9.17) is 0 Å². The molecule has 1 amide bonds. The molecule has 2 rings (SSSR count). The molecule has 0 spiro atoms. The molecule has 4 N–H and O–H groups in total. The van der Waals surface area contributed by atoms with Gasteiger partial charge in [0.1, 0.15) is 17.0 Å². The standard InChI is InChI=1S/C5H10N4OS2/c10-3-1-2(7-4(11)6-1)8-5(12)9-3/h1-2,4-8,11-12H,(H,9,10). The molecule has 12 heavy (non-hydrogen) atoms. The van der Waals surface area contributed by atoms with Crippen molar-refractivity contribution < 1.29 is 4.79 Å². The van der Waals surface area contributed by atoms with Crippen molar-refractivity contribution in [2.24, 2.45) is 0 Å². The van der Waals surface area contributed by atoms with Gasteiger partial charge >= 0.3 is 0 Å². The number of carbonyl (C=O) groups is 1. The summed E-state index contributed by atoms with van der Waals surface area (Å²) in [5.41, 5.74) is -0.427. The van der Waals surface area contributed by atoms with Gasteiger partial charge in [0, 0.05) is 0 Å². The van der Waals surface area contributed by atoms with Crippen molar-refractivity contribution in [1.82, 2.24) is 21.3 Å². The van der Waals surface area contributed by atoms with Gasteiger partial charge in [-0.3, -0.25) is 20.7 Å². The van der Waals surface area contributed by atoms with E-state index < -0.39 is 0 Å². The molecule has 0 aromatic heterocycles. The Morgan fingerprint density at radius 3 is 2.50 bits per heavy atom. The molecule has 2 aliphatic rings. The van der Waals surface area contributed by atoms with Gasteiger partial charge in [0.05, 0.1) is 6.17 Å². The van der Waals surface area contributed by atoms with Crippen molar-refractivity contribution >= 4 is 31.2 Å². The number of thiol groups is 2. The minimum atomic E-state index is -0.285. The Balaban J connectivity index is 2.10. The Morgan fingerprint density at radius 2 is 1.75 bits per heavy atom. The first-order chi connectivity index (χ1) is 5.66. The van der Waals surface area contributed by atoms with Gasteiger partial charge < -0.3 is 5.32 Å². The van der Waals surface area contributed by atoms with E-state index in [1.54, 1.807) is 0 Å². The van der Waals surface area contributed by atoms with E-state index in [9.17, 15) is 4.79 Å². The highest BCUT2D eigenvalue weighted by Crippen LogP contribution is 2.10. The average Bonchev–Trinajstić information content (AvgIpc) is 2.29. The van der Waals surface area contributed by atoms with Crippen LogP contribution in [-0.4, -0.2) is 29.1 Å². The van der Waals surface area contributed by atoms with Gasteiger partial charge in [-0.15, -0.1) is 25.3 Å². The quantitative estimate of drug-likeness (QED) is 0.260. The molecule has 2 aliphatic heterocycles. The molecule has 0 aromatic carbocycles. The lowest BCUT2D eigenvalue weighted by atomic mass is 10.2. The predicted octanol–water partition coefficient (Wildman–Crippen LogP) is -1.98. The topological polar surface area (TPSA) is 65.2 Å². The maximum Gasteiger partial charge on any atom is 0.242 e. The van der Waals surface area contributed by atoms with Crippen LogP contribution in [0.2, 0.25) is 0 Å². The minimum Gasteiger partial charge on any atom is -0.331 e. The van der Waals surface area contributed by atoms with Gasteiger partial charge in [-0.05, 0) is 0 Å². The molecule has 0 saturated carbocycles. The minimum absolute atomic E-state index is 0.0530. The van der Waals surface area contributed by atoms with Crippen LogP contribution < -0.4 is 21.3 Å². The van der Waals surface area contributed by atoms with E-state index in [2.05, 4.69) is 46.5 Å². The molecule has 0 aromatic rings. The Bertz CT molecular complexity index is 214. The molecule has 68 valence electrons. The molecule has 0 radical (unpaired) electrons. The summed E-state index contributed by atoms with van der Waals surface area (Å²) in [7, 11) is 0. The third-order valence-corrected chi connectivity index (χ3v) is 2.48. The van der Waals surface area contributed by atoms with Gasteiger partial charge in [0.25, 0.3) is 0 Å². The summed E-state index contributed by atoms with van der Waals surface area (Å²) in [5.74, 6) is -0.0530. The Morgan fingerprint density at radius 1 is 1.08 bits per heavy atom. The molecule has 4 unspecified atom stereocenters. The SMILES string of the molecule is O=C1NC(S)NC2NC(S)NC12. The summed E-state index contributed by atoms with van der Waals surface area (Å²) in [5, 5.41) is 11.7. The van der Waals surface area contributed by atoms with Crippen LogP contribution in [0.4, 0.5) is 0 Å². The molecule has 0 bridgehead atoms. The first-order valence-electron chi connectivity index (χ1n) is 3.61. The molecule has 2 heterocycles. The van der Waals surface area contributed by atoms with Crippen LogP contribution in [0, 0.1) is 0 Å². The zero-order valence-electron chi connectivity index (χ0n) is 6.11. The van der Waals surface area contributed by atoms with E-state index in [0.717, 1.165) is 0 Å². The van der Waals surface area contributed by atoms with Crippen molar-refractivity contribution in [3.05, 3.63) is 0 Å². The highest BCUT2D eigenvalue weighted by Gasteiger charge is 2.40. The highest BCUT2D eigenvalue weighted by molar-refractivity contribution is 7.81. The first kappa shape index (κ1) is 8.64. The van der Waals surface area contributed by atoms with E-state index in [1.807, 2.05) is 0 Å². The Kier molecular flexibility index (Phi) is 2.21. The number of amides is 1. The lowest BCUT2D eigenvalue weighted by molar-refractivity contribution is -0.125. The summed E-state index contributed by atoms with van der Waals surface area (Å²) in [6, 6.07) is -0.254. The number of hydrogen-bond acceptors (Lipinski definition) is 6. The van der Waals surface area contributed by atoms with Gasteiger partial charge in [0.2, 0.25) is 5.91 Å². The molecule has 2 saturated heterocycles. The van der Waals surface area contributed by atoms with Crippen molar-refractivity contribution in [1.29, 1.82) is 0 Å². The van der Waals surface area contributed by atoms with Gasteiger partial charge in [-0.1, -0.05) is 0 Å². The van der Waals surface area contributed by atoms with E-state index in [0.29, 0.717) is 0 Å². The van der Waals surface area contributed by atoms with E-state index >= 15 is 0 Å². The summed E-state index contributed by atoms with van der Waals surface area (Å²) in [4.78, 5) is 11.3. The molecule has 5 nitrogen and oxygen atoms in total. The van der Waals surface area contributed by atoms with Crippen molar-refractivity contribution in [2.75, 3.05) is 0 Å². The fourth-order valence-electron chi connectivity index (χ4n) is 1.39. The van der Waals surface area contributed by atoms with Crippen LogP contribution in [0.5, 0.6) is 0 Å². The van der Waals surface area contributed by atoms with Crippen molar-refractivity contribution in [3.8, 4) is 0 Å². The molecule has 4 atom stereocenters. The monoisotopic (exact) mass is 206 g/mol. The lowest BCUT2D eigenvalue weighted by Crippen LogP contribution is -2.65. The number of carbonyl (C=O) groups excluding carboxylic acids is 1. The van der Waals surface area contributed by atoms with Crippen LogP contribution in [0.15, 0.2) is 0 Å². The second kappa shape index (κ2) is 3.08. The van der Waals surface area contributed by atoms with Crippen molar-refractivity contribution in [2.45, 2.75) is 23.2 Å². The lowest BCUT2D eigenvalue weighted by Gasteiger charge is -2.30. The van der Waals surface area contributed by atoms with Crippen LogP contribution in [0.25, 0.3) is 0 Å². The third-order valence-electron chi connectivity index (χ3n) is 1.91. The zero-order valence-corrected chi connectivity index (χ0v) is 7.90. The molecular weight excluding hydrogens is 196 g/mol. The maximum atomic E-state index is 11.3. The van der Waals surface area contributed by atoms with Crippen LogP contribution in [0.1, 0.15) is 0 Å². The van der Waals surface area contributed by atoms with Crippen molar-refractivity contribution in [3.63, 3.8) is 0 Å². The van der Waals surface area contributed by atoms with Crippen LogP contribution in [0.3, 0.4) is 0 Å². The second-order valence-electron chi connectivity index (χ2n) is 2.77. The van der Waals surface area contributed by atoms with E-state index in [-0.39, 0.29) is 29.1 Å². The number of fused-ring (bicyclic) bond motifs is 1. The fraction of sp³-hybridized carbons (Fsp3) is 0.800. The third kappa shape index (κ3) is 1.42. The van der Waals surface area contributed by atoms with Crippen LogP contribution in [-0.2, 0) is 4.79 Å². The Labute approximate surface area is 80.9 Å². The number of nitrogens with one attached hydrogen (secondary N) is 4. The van der Waals surface area contributed by atoms with Gasteiger partial charge in [0.15, 0.2) is 0 Å². The van der Waals surface area contributed by atoms with E-state index in [1.165, 1.54) is 0 Å². The normalized spacial score (nSPS) is 47.0. The summed E-state index contributed by atoms with van der Waals surface area (Å²) >= 11 is 8.25. The van der Waals surface area contributed by atoms with Gasteiger partial charge in [-0.25, -0.2) is 0 Å². The zero-order chi connectivity index (χ0) is 8.72.